The highest BCUT2D eigenvalue weighted by atomic mass is 14.9. The van der Waals surface area contributed by atoms with Crippen molar-refractivity contribution < 1.29 is 0 Å². The first-order valence-electron chi connectivity index (χ1n) is 8.44. The Morgan fingerprint density at radius 2 is 1.83 bits per heavy atom. The molecule has 3 aromatic heterocycles. The van der Waals surface area contributed by atoms with Crippen molar-refractivity contribution in [2.24, 2.45) is 0 Å². The van der Waals surface area contributed by atoms with Gasteiger partial charge in [0, 0.05) is 39.9 Å². The number of hydrogen-bond donors (Lipinski definition) is 2. The van der Waals surface area contributed by atoms with Gasteiger partial charge in [-0.1, -0.05) is 31.0 Å². The van der Waals surface area contributed by atoms with E-state index in [4.69, 9.17) is 0 Å². The third-order valence-electron chi connectivity index (χ3n) is 5.23. The fourth-order valence-electron chi connectivity index (χ4n) is 4.03. The van der Waals surface area contributed by atoms with E-state index in [1.165, 1.54) is 58.8 Å². The lowest BCUT2D eigenvalue weighted by atomic mass is 10.0. The Labute approximate surface area is 134 Å². The van der Waals surface area contributed by atoms with Gasteiger partial charge in [0.25, 0.3) is 0 Å². The number of nitrogens with zero attached hydrogens (tertiary/aromatic N) is 1. The molecule has 1 aliphatic rings. The van der Waals surface area contributed by atoms with Gasteiger partial charge in [0.15, 0.2) is 0 Å². The molecule has 0 unspecified atom stereocenters. The van der Waals surface area contributed by atoms with Crippen molar-refractivity contribution >= 4 is 21.9 Å². The molecule has 0 atom stereocenters. The minimum Gasteiger partial charge on any atom is -0.361 e. The van der Waals surface area contributed by atoms with Gasteiger partial charge >= 0.3 is 0 Å². The molecule has 1 saturated carbocycles. The third-order valence-corrected chi connectivity index (χ3v) is 5.23. The molecule has 1 aromatic carbocycles. The van der Waals surface area contributed by atoms with Gasteiger partial charge in [-0.25, -0.2) is 4.98 Å². The van der Waals surface area contributed by atoms with Crippen molar-refractivity contribution in [3.63, 3.8) is 0 Å². The molecule has 0 saturated heterocycles. The van der Waals surface area contributed by atoms with E-state index in [1.807, 2.05) is 6.20 Å². The highest BCUT2D eigenvalue weighted by Gasteiger charge is 2.20. The number of para-hydroxylation sites is 1. The quantitative estimate of drug-likeness (QED) is 0.513. The molecular weight excluding hydrogens is 282 g/mol. The van der Waals surface area contributed by atoms with Gasteiger partial charge < -0.3 is 9.97 Å². The van der Waals surface area contributed by atoms with Crippen molar-refractivity contribution in [2.45, 2.75) is 31.6 Å². The molecule has 23 heavy (non-hydrogen) atoms. The maximum atomic E-state index is 4.56. The molecule has 0 radical (unpaired) electrons. The molecular formula is C20H19N3. The molecule has 1 fully saturated rings. The van der Waals surface area contributed by atoms with Crippen LogP contribution in [0.5, 0.6) is 0 Å². The normalized spacial score (nSPS) is 15.8. The fourth-order valence-corrected chi connectivity index (χ4v) is 4.03. The molecule has 0 aliphatic heterocycles. The number of nitrogens with one attached hydrogen (secondary N) is 2. The summed E-state index contributed by atoms with van der Waals surface area (Å²) < 4.78 is 0. The van der Waals surface area contributed by atoms with E-state index < -0.39 is 0 Å². The van der Waals surface area contributed by atoms with Gasteiger partial charge in [-0.05, 0) is 42.5 Å². The first kappa shape index (κ1) is 12.9. The molecule has 3 heteroatoms. The van der Waals surface area contributed by atoms with Crippen LogP contribution in [0.4, 0.5) is 0 Å². The standard InChI is InChI=1S/C20H19N3/c1-2-6-13(5-1)19-11-16-14(9-10-21-20(16)23-19)17-12-22-18-8-4-3-7-15(17)18/h3-4,7-13,22H,1-2,5-6H2,(H,21,23). The SMILES string of the molecule is c1ccc2c(-c3ccnc4[nH]c(C5CCCC5)cc34)c[nH]c2c1. The van der Waals surface area contributed by atoms with Crippen molar-refractivity contribution in [3.05, 3.63) is 54.5 Å². The molecule has 3 nitrogen and oxygen atoms in total. The van der Waals surface area contributed by atoms with E-state index >= 15 is 0 Å². The number of H-pyrrole nitrogens is 2. The molecule has 114 valence electrons. The number of fused-ring (bicyclic) bond motifs is 2. The number of pyridine rings is 1. The van der Waals surface area contributed by atoms with Crippen LogP contribution in [0, 0.1) is 0 Å². The first-order valence-corrected chi connectivity index (χ1v) is 8.44. The molecule has 2 N–H and O–H groups in total. The van der Waals surface area contributed by atoms with Gasteiger partial charge in [0.05, 0.1) is 0 Å². The minimum absolute atomic E-state index is 0.681. The highest BCUT2D eigenvalue weighted by Crippen LogP contribution is 2.38. The van der Waals surface area contributed by atoms with E-state index in [0.717, 1.165) is 5.65 Å². The predicted molar refractivity (Wildman–Crippen MR) is 94.6 cm³/mol. The van der Waals surface area contributed by atoms with E-state index in [2.05, 4.69) is 57.5 Å². The van der Waals surface area contributed by atoms with Gasteiger partial charge in [-0.3, -0.25) is 0 Å². The summed E-state index contributed by atoms with van der Waals surface area (Å²) in [7, 11) is 0. The first-order chi connectivity index (χ1) is 11.4. The van der Waals surface area contributed by atoms with E-state index in [0.29, 0.717) is 5.92 Å². The Morgan fingerprint density at radius 1 is 0.957 bits per heavy atom. The lowest BCUT2D eigenvalue weighted by Crippen LogP contribution is -1.91. The summed E-state index contributed by atoms with van der Waals surface area (Å²) in [6.45, 7) is 0. The van der Waals surface area contributed by atoms with Crippen molar-refractivity contribution in [1.29, 1.82) is 0 Å². The van der Waals surface area contributed by atoms with Crippen molar-refractivity contribution in [3.8, 4) is 11.1 Å². The lowest BCUT2D eigenvalue weighted by molar-refractivity contribution is 0.704. The van der Waals surface area contributed by atoms with Crippen LogP contribution in [0.15, 0.2) is 48.8 Å². The molecule has 0 bridgehead atoms. The van der Waals surface area contributed by atoms with E-state index in [-0.39, 0.29) is 0 Å². The monoisotopic (exact) mass is 301 g/mol. The summed E-state index contributed by atoms with van der Waals surface area (Å²) in [6.07, 6.45) is 9.33. The average Bonchev–Trinajstić information content (AvgIpc) is 3.32. The lowest BCUT2D eigenvalue weighted by Gasteiger charge is -2.04. The van der Waals surface area contributed by atoms with Gasteiger partial charge in [-0.2, -0.15) is 0 Å². The zero-order valence-electron chi connectivity index (χ0n) is 13.0. The fraction of sp³-hybridized carbons (Fsp3) is 0.250. The van der Waals surface area contributed by atoms with Crippen LogP contribution in [0.3, 0.4) is 0 Å². The Balaban J connectivity index is 1.72. The number of rotatable bonds is 2. The van der Waals surface area contributed by atoms with E-state index in [9.17, 15) is 0 Å². The van der Waals surface area contributed by atoms with Crippen LogP contribution in [0.1, 0.15) is 37.3 Å². The van der Waals surface area contributed by atoms with E-state index in [1.54, 1.807) is 0 Å². The number of benzene rings is 1. The Kier molecular flexibility index (Phi) is 2.80. The Hall–Kier alpha value is -2.55. The van der Waals surface area contributed by atoms with Crippen molar-refractivity contribution in [2.75, 3.05) is 0 Å². The summed E-state index contributed by atoms with van der Waals surface area (Å²) in [4.78, 5) is 11.5. The number of aromatic nitrogens is 3. The van der Waals surface area contributed by atoms with Crippen LogP contribution in [-0.2, 0) is 0 Å². The average molecular weight is 301 g/mol. The minimum atomic E-state index is 0.681. The summed E-state index contributed by atoms with van der Waals surface area (Å²) >= 11 is 0. The molecule has 4 aromatic rings. The molecule has 3 heterocycles. The summed E-state index contributed by atoms with van der Waals surface area (Å²) in [5.74, 6) is 0.681. The van der Waals surface area contributed by atoms with Gasteiger partial charge in [0.1, 0.15) is 5.65 Å². The summed E-state index contributed by atoms with van der Waals surface area (Å²) in [5, 5.41) is 2.50. The van der Waals surface area contributed by atoms with Gasteiger partial charge in [0.2, 0.25) is 0 Å². The topological polar surface area (TPSA) is 44.5 Å². The zero-order valence-corrected chi connectivity index (χ0v) is 13.0. The molecule has 5 rings (SSSR count). The second-order valence-corrected chi connectivity index (χ2v) is 6.57. The van der Waals surface area contributed by atoms with Crippen LogP contribution >= 0.6 is 0 Å². The zero-order chi connectivity index (χ0) is 15.2. The van der Waals surface area contributed by atoms with Gasteiger partial charge in [-0.15, -0.1) is 0 Å². The largest absolute Gasteiger partial charge is 0.361 e. The molecule has 0 amide bonds. The van der Waals surface area contributed by atoms with Crippen LogP contribution in [0.2, 0.25) is 0 Å². The van der Waals surface area contributed by atoms with Crippen LogP contribution in [-0.4, -0.2) is 15.0 Å². The second kappa shape index (κ2) is 4.98. The maximum Gasteiger partial charge on any atom is 0.138 e. The summed E-state index contributed by atoms with van der Waals surface area (Å²) in [5.41, 5.74) is 6.06. The molecule has 0 spiro atoms. The third kappa shape index (κ3) is 2.00. The number of hydrogen-bond acceptors (Lipinski definition) is 1. The number of aromatic amines is 2. The predicted octanol–water partition coefficient (Wildman–Crippen LogP) is 5.37. The smallest absolute Gasteiger partial charge is 0.138 e. The summed E-state index contributed by atoms with van der Waals surface area (Å²) in [6, 6.07) is 12.9. The Bertz CT molecular complexity index is 986. The van der Waals surface area contributed by atoms with Crippen molar-refractivity contribution in [1.82, 2.24) is 15.0 Å². The Morgan fingerprint density at radius 3 is 2.74 bits per heavy atom. The van der Waals surface area contributed by atoms with Crippen LogP contribution < -0.4 is 0 Å². The molecule has 1 aliphatic carbocycles. The highest BCUT2D eigenvalue weighted by molar-refractivity contribution is 6.03. The maximum absolute atomic E-state index is 4.56. The second-order valence-electron chi connectivity index (χ2n) is 6.57. The van der Waals surface area contributed by atoms with Crippen LogP contribution in [0.25, 0.3) is 33.1 Å².